The number of amides is 3. The van der Waals surface area contributed by atoms with Crippen molar-refractivity contribution in [1.82, 2.24) is 20.5 Å². The van der Waals surface area contributed by atoms with Gasteiger partial charge >= 0.3 is 24.0 Å². The number of hydrogen-bond acceptors (Lipinski definition) is 16. The zero-order valence-electron chi connectivity index (χ0n) is 28.3. The number of nitrogens with two attached hydrogens (primary N) is 1. The molecule has 272 valence electrons. The topological polar surface area (TPSA) is 227 Å². The Kier molecular flexibility index (Phi) is 12.8. The first-order chi connectivity index (χ1) is 24.2. The van der Waals surface area contributed by atoms with E-state index < -0.39 is 66.2 Å². The lowest BCUT2D eigenvalue weighted by Crippen LogP contribution is -2.71. The van der Waals surface area contributed by atoms with Crippen LogP contribution in [0.3, 0.4) is 0 Å². The molecule has 1 fully saturated rings. The summed E-state index contributed by atoms with van der Waals surface area (Å²) in [6.07, 6.45) is 3.41. The Balaban J connectivity index is 1.33. The van der Waals surface area contributed by atoms with Gasteiger partial charge in [-0.1, -0.05) is 24.2 Å². The number of carbonyl (C=O) groups excluding carboxylic acids is 6. The maximum Gasteiger partial charge on any atom is 0.408 e. The molecule has 51 heavy (non-hydrogen) atoms. The number of alkyl carbamates (subject to hydrolysis) is 1. The predicted octanol–water partition coefficient (Wildman–Crippen LogP) is 2.48. The van der Waals surface area contributed by atoms with Crippen molar-refractivity contribution in [2.45, 2.75) is 51.1 Å². The highest BCUT2D eigenvalue weighted by Gasteiger charge is 2.54. The van der Waals surface area contributed by atoms with Crippen LogP contribution in [-0.2, 0) is 38.2 Å². The molecular formula is C32H36N6O11S2. The highest BCUT2D eigenvalue weighted by Crippen LogP contribution is 2.41. The van der Waals surface area contributed by atoms with Gasteiger partial charge in [0.15, 0.2) is 10.8 Å². The van der Waals surface area contributed by atoms with Crippen LogP contribution in [0.1, 0.15) is 50.2 Å². The van der Waals surface area contributed by atoms with Crippen molar-refractivity contribution in [2.75, 3.05) is 31.9 Å². The van der Waals surface area contributed by atoms with E-state index in [1.807, 2.05) is 13.0 Å². The molecule has 0 aliphatic carbocycles. The van der Waals surface area contributed by atoms with Crippen molar-refractivity contribution in [2.24, 2.45) is 5.16 Å². The van der Waals surface area contributed by atoms with Crippen LogP contribution in [0.5, 0.6) is 5.75 Å². The minimum atomic E-state index is -0.999. The maximum absolute atomic E-state index is 13.4. The minimum Gasteiger partial charge on any atom is -0.444 e. The minimum absolute atomic E-state index is 0.0413. The molecule has 2 atom stereocenters. The van der Waals surface area contributed by atoms with E-state index in [0.717, 1.165) is 11.3 Å². The van der Waals surface area contributed by atoms with E-state index in [0.29, 0.717) is 17.7 Å². The Morgan fingerprint density at radius 3 is 2.45 bits per heavy atom. The Labute approximate surface area is 300 Å². The van der Waals surface area contributed by atoms with Crippen molar-refractivity contribution in [1.29, 1.82) is 0 Å². The van der Waals surface area contributed by atoms with E-state index in [2.05, 4.69) is 20.8 Å². The number of thiazole rings is 1. The second kappa shape index (κ2) is 17.0. The normalized spacial score (nSPS) is 17.2. The van der Waals surface area contributed by atoms with Crippen LogP contribution in [0, 0.1) is 0 Å². The standard InChI is InChI=1S/C32H36N6O11S2/c1-6-7-8-18-14-50-27-23(36-25(40)22(37-45-5)20-15-51-30(33)35-20)26(41)38(27)24(18)29(43)47-16-46-28(42)17-9-11-19(12-10-17)48-21(39)13-34-31(44)49-32(2,3)4/h7-12,15,23,27H,6,13-14,16H2,1-5H3,(H2,33,35)(H,34,44)(H,36,40)/b8-7-,37-22-/t23?,27-/m1/s1. The van der Waals surface area contributed by atoms with Gasteiger partial charge in [-0.25, -0.2) is 24.2 Å². The van der Waals surface area contributed by atoms with E-state index in [1.165, 1.54) is 53.4 Å². The average Bonchev–Trinajstić information content (AvgIpc) is 3.52. The molecule has 2 aromatic rings. The van der Waals surface area contributed by atoms with Crippen LogP contribution < -0.4 is 21.1 Å². The fourth-order valence-corrected chi connectivity index (χ4v) is 6.36. The van der Waals surface area contributed by atoms with Gasteiger partial charge in [0.25, 0.3) is 11.8 Å². The lowest BCUT2D eigenvalue weighted by atomic mass is 10.0. The monoisotopic (exact) mass is 744 g/mol. The second-order valence-electron chi connectivity index (χ2n) is 11.6. The Morgan fingerprint density at radius 1 is 1.12 bits per heavy atom. The van der Waals surface area contributed by atoms with Crippen molar-refractivity contribution >= 4 is 69.8 Å². The fourth-order valence-electron chi connectivity index (χ4n) is 4.50. The zero-order chi connectivity index (χ0) is 37.3. The van der Waals surface area contributed by atoms with Gasteiger partial charge in [-0.05, 0) is 57.0 Å². The second-order valence-corrected chi connectivity index (χ2v) is 13.6. The van der Waals surface area contributed by atoms with Gasteiger partial charge in [-0.3, -0.25) is 14.5 Å². The number of ether oxygens (including phenoxy) is 4. The Hall–Kier alpha value is -5.43. The number of allylic oxidation sites excluding steroid dienone is 2. The van der Waals surface area contributed by atoms with Gasteiger partial charge in [-0.2, -0.15) is 0 Å². The molecule has 0 bridgehead atoms. The number of anilines is 1. The summed E-state index contributed by atoms with van der Waals surface area (Å²) >= 11 is 2.44. The molecule has 3 heterocycles. The van der Waals surface area contributed by atoms with Crippen LogP contribution in [0.4, 0.5) is 9.93 Å². The summed E-state index contributed by atoms with van der Waals surface area (Å²) in [5, 5.41) is 9.74. The van der Waals surface area contributed by atoms with Crippen molar-refractivity contribution < 1.29 is 52.6 Å². The number of nitrogens with one attached hydrogen (secondary N) is 2. The molecule has 2 aliphatic heterocycles. The van der Waals surface area contributed by atoms with E-state index in [9.17, 15) is 28.8 Å². The zero-order valence-corrected chi connectivity index (χ0v) is 29.9. The number of aromatic nitrogens is 1. The van der Waals surface area contributed by atoms with Gasteiger partial charge < -0.3 is 40.2 Å². The first-order valence-corrected chi connectivity index (χ1v) is 17.2. The molecule has 17 nitrogen and oxygen atoms in total. The molecule has 19 heteroatoms. The molecule has 1 unspecified atom stereocenters. The summed E-state index contributed by atoms with van der Waals surface area (Å²) < 4.78 is 20.6. The molecule has 0 spiro atoms. The molecule has 1 aromatic heterocycles. The summed E-state index contributed by atoms with van der Waals surface area (Å²) in [5.74, 6) is -3.40. The van der Waals surface area contributed by atoms with Crippen molar-refractivity contribution in [3.8, 4) is 5.75 Å². The predicted molar refractivity (Wildman–Crippen MR) is 184 cm³/mol. The highest BCUT2D eigenvalue weighted by molar-refractivity contribution is 8.00. The third-order valence-electron chi connectivity index (χ3n) is 6.67. The lowest BCUT2D eigenvalue weighted by Gasteiger charge is -2.49. The highest BCUT2D eigenvalue weighted by atomic mass is 32.2. The molecule has 0 radical (unpaired) electrons. The summed E-state index contributed by atoms with van der Waals surface area (Å²) in [7, 11) is 1.26. The molecule has 1 saturated heterocycles. The van der Waals surface area contributed by atoms with E-state index in [1.54, 1.807) is 26.8 Å². The summed E-state index contributed by atoms with van der Waals surface area (Å²) in [6, 6.07) is 4.33. The molecule has 1 aromatic carbocycles. The smallest absolute Gasteiger partial charge is 0.408 e. The molecule has 0 saturated carbocycles. The first kappa shape index (κ1) is 38.4. The van der Waals surface area contributed by atoms with E-state index >= 15 is 0 Å². The first-order valence-electron chi connectivity index (χ1n) is 15.3. The van der Waals surface area contributed by atoms with Crippen LogP contribution >= 0.6 is 23.1 Å². The Morgan fingerprint density at radius 2 is 1.82 bits per heavy atom. The van der Waals surface area contributed by atoms with Crippen LogP contribution in [0.25, 0.3) is 0 Å². The number of nitrogens with zero attached hydrogens (tertiary/aromatic N) is 3. The number of oxime groups is 1. The fraction of sp³-hybridized carbons (Fsp3) is 0.375. The SMILES string of the molecule is CC/C=C\C1=C(C(=O)OCOC(=O)c2ccc(OC(=O)CNC(=O)OC(C)(C)C)cc2)N2C(=O)C(NC(=O)/C(=N\OC)c3csc(N)n3)[C@H]2SC1. The molecule has 3 amide bonds. The Bertz CT molecular complexity index is 1760. The molecular weight excluding hydrogens is 709 g/mol. The van der Waals surface area contributed by atoms with Crippen molar-refractivity contribution in [3.05, 3.63) is 64.3 Å². The number of esters is 3. The van der Waals surface area contributed by atoms with E-state index in [4.69, 9.17) is 29.5 Å². The third kappa shape index (κ3) is 10.1. The number of nitrogen functional groups attached to an aromatic ring is 1. The van der Waals surface area contributed by atoms with Crippen LogP contribution in [0.15, 0.2) is 58.2 Å². The van der Waals surface area contributed by atoms with Gasteiger partial charge in [0, 0.05) is 11.1 Å². The maximum atomic E-state index is 13.4. The molecule has 4 rings (SSSR count). The number of hydrogen-bond donors (Lipinski definition) is 3. The van der Waals surface area contributed by atoms with Gasteiger partial charge in [0.05, 0.1) is 5.56 Å². The average molecular weight is 745 g/mol. The van der Waals surface area contributed by atoms with Gasteiger partial charge in [0.1, 0.15) is 47.8 Å². The third-order valence-corrected chi connectivity index (χ3v) is 8.65. The largest absolute Gasteiger partial charge is 0.444 e. The summed E-state index contributed by atoms with van der Waals surface area (Å²) in [4.78, 5) is 86.2. The number of thioether (sulfide) groups is 1. The van der Waals surface area contributed by atoms with E-state index in [-0.39, 0.29) is 33.5 Å². The van der Waals surface area contributed by atoms with Crippen molar-refractivity contribution in [3.63, 3.8) is 0 Å². The molecule has 4 N–H and O–H groups in total. The number of β-lactam (4-membered cyclic amide) rings is 1. The van der Waals surface area contributed by atoms with Crippen LogP contribution in [0.2, 0.25) is 0 Å². The number of carbonyl (C=O) groups is 6. The van der Waals surface area contributed by atoms with Crippen LogP contribution in [-0.4, -0.2) is 94.6 Å². The lowest BCUT2D eigenvalue weighted by molar-refractivity contribution is -0.157. The molecule has 2 aliphatic rings. The number of rotatable bonds is 13. The number of benzene rings is 1. The summed E-state index contributed by atoms with van der Waals surface area (Å²) in [6.45, 7) is 5.73. The quantitative estimate of drug-likeness (QED) is 0.0669. The number of fused-ring (bicyclic) bond motifs is 1. The van der Waals surface area contributed by atoms with Gasteiger partial charge in [-0.15, -0.1) is 23.1 Å². The van der Waals surface area contributed by atoms with Gasteiger partial charge in [0.2, 0.25) is 6.79 Å². The summed E-state index contributed by atoms with van der Waals surface area (Å²) in [5.41, 5.74) is 5.48.